The van der Waals surface area contributed by atoms with E-state index in [1.54, 1.807) is 12.1 Å². The maximum atomic E-state index is 13.8. The first-order valence-corrected chi connectivity index (χ1v) is 12.8. The van der Waals surface area contributed by atoms with Crippen LogP contribution < -0.4 is 16.2 Å². The number of halogens is 3. The van der Waals surface area contributed by atoms with Gasteiger partial charge in [-0.1, -0.05) is 29.4 Å². The summed E-state index contributed by atoms with van der Waals surface area (Å²) in [5, 5.41) is 34.9. The number of hydrogen-bond acceptors (Lipinski definition) is 6. The fourth-order valence-corrected chi connectivity index (χ4v) is 5.31. The third kappa shape index (κ3) is 4.78. The fraction of sp³-hybridized carbons (Fsp3) is 0.276. The van der Waals surface area contributed by atoms with E-state index in [1.165, 1.54) is 17.2 Å². The summed E-state index contributed by atoms with van der Waals surface area (Å²) < 4.78 is 41.8. The summed E-state index contributed by atoms with van der Waals surface area (Å²) in [5.74, 6) is -0.974. The molecule has 1 saturated heterocycles. The second-order valence-electron chi connectivity index (χ2n) is 10.4. The van der Waals surface area contributed by atoms with Crippen LogP contribution in [0.25, 0.3) is 5.57 Å². The number of nitrogens with zero attached hydrogens (tertiary/aromatic N) is 5. The lowest BCUT2D eigenvalue weighted by Gasteiger charge is -2.21. The smallest absolute Gasteiger partial charge is 0.418 e. The zero-order chi connectivity index (χ0) is 29.9. The highest BCUT2D eigenvalue weighted by molar-refractivity contribution is 5.92. The SMILES string of the molecule is CC1=C(c2ccc(C(O)[N+]3(N=Cc4c(C(F)(F)F)c(C#N)c(=O)n(C)c4O)CC3)cc2)C1N(C)c1ccccc1[NH3+]. The Bertz CT molecular complexity index is 1700. The molecule has 0 spiro atoms. The number of hydrogen-bond donors (Lipinski definition) is 3. The highest BCUT2D eigenvalue weighted by Crippen LogP contribution is 2.46. The number of aromatic hydroxyl groups is 1. The van der Waals surface area contributed by atoms with Crippen molar-refractivity contribution in [1.29, 1.82) is 5.26 Å². The van der Waals surface area contributed by atoms with Gasteiger partial charge in [-0.15, -0.1) is 0 Å². The van der Waals surface area contributed by atoms with Gasteiger partial charge in [0.25, 0.3) is 5.56 Å². The summed E-state index contributed by atoms with van der Waals surface area (Å²) in [5.41, 5.74) is 5.20. The molecule has 1 fully saturated rings. The van der Waals surface area contributed by atoms with Gasteiger partial charge in [0.2, 0.25) is 12.1 Å². The third-order valence-electron chi connectivity index (χ3n) is 7.85. The molecular formula is C29H29F3N6O3+2. The van der Waals surface area contributed by atoms with Crippen LogP contribution in [0, 0.1) is 11.3 Å². The minimum absolute atomic E-state index is 0.125. The summed E-state index contributed by atoms with van der Waals surface area (Å²) in [6.07, 6.45) is -5.49. The highest BCUT2D eigenvalue weighted by Gasteiger charge is 2.51. The van der Waals surface area contributed by atoms with Crippen molar-refractivity contribution in [2.75, 3.05) is 25.0 Å². The van der Waals surface area contributed by atoms with Gasteiger partial charge in [0, 0.05) is 25.7 Å². The van der Waals surface area contributed by atoms with Crippen LogP contribution in [0.1, 0.15) is 41.0 Å². The highest BCUT2D eigenvalue weighted by atomic mass is 19.4. The molecule has 12 heteroatoms. The van der Waals surface area contributed by atoms with Crippen LogP contribution in [0.4, 0.5) is 24.5 Å². The van der Waals surface area contributed by atoms with E-state index in [2.05, 4.69) is 22.7 Å². The number of quaternary nitrogens is 2. The Kier molecular flexibility index (Phi) is 6.77. The van der Waals surface area contributed by atoms with Gasteiger partial charge in [-0.05, 0) is 41.8 Å². The largest absolute Gasteiger partial charge is 0.494 e. The molecule has 3 aromatic rings. The number of para-hydroxylation sites is 1. The molecule has 1 aliphatic carbocycles. The van der Waals surface area contributed by atoms with Gasteiger partial charge >= 0.3 is 6.18 Å². The number of benzene rings is 2. The molecule has 2 heterocycles. The molecule has 0 amide bonds. The average Bonchev–Trinajstić information content (AvgIpc) is 3.86. The molecule has 5 N–H and O–H groups in total. The second-order valence-corrected chi connectivity index (χ2v) is 10.4. The number of aliphatic hydroxyl groups is 1. The van der Waals surface area contributed by atoms with E-state index in [4.69, 9.17) is 0 Å². The maximum absolute atomic E-state index is 13.8. The fourth-order valence-electron chi connectivity index (χ4n) is 5.31. The molecule has 0 radical (unpaired) electrons. The van der Waals surface area contributed by atoms with E-state index in [-0.39, 0.29) is 10.6 Å². The van der Waals surface area contributed by atoms with Crippen LogP contribution in [0.2, 0.25) is 0 Å². The van der Waals surface area contributed by atoms with E-state index >= 15 is 0 Å². The van der Waals surface area contributed by atoms with Crippen LogP contribution in [0.3, 0.4) is 0 Å². The van der Waals surface area contributed by atoms with Gasteiger partial charge < -0.3 is 20.8 Å². The number of nitriles is 1. The zero-order valence-corrected chi connectivity index (χ0v) is 22.6. The number of pyridine rings is 1. The molecule has 0 saturated carbocycles. The monoisotopic (exact) mass is 566 g/mol. The quantitative estimate of drug-likeness (QED) is 0.230. The molecule has 1 aromatic heterocycles. The maximum Gasteiger partial charge on any atom is 0.418 e. The Balaban J connectivity index is 1.39. The number of aliphatic hydroxyl groups excluding tert-OH is 1. The molecule has 5 rings (SSSR count). The molecule has 2 aliphatic rings. The molecule has 2 unspecified atom stereocenters. The second kappa shape index (κ2) is 9.88. The predicted molar refractivity (Wildman–Crippen MR) is 146 cm³/mol. The predicted octanol–water partition coefficient (Wildman–Crippen LogP) is 3.00. The van der Waals surface area contributed by atoms with E-state index in [9.17, 15) is 33.4 Å². The van der Waals surface area contributed by atoms with E-state index < -0.39 is 40.5 Å². The normalized spacial score (nSPS) is 18.4. The molecule has 9 nitrogen and oxygen atoms in total. The summed E-state index contributed by atoms with van der Waals surface area (Å²) in [6, 6.07) is 16.6. The van der Waals surface area contributed by atoms with Gasteiger partial charge in [-0.25, -0.2) is 0 Å². The van der Waals surface area contributed by atoms with Crippen molar-refractivity contribution in [3.05, 3.63) is 92.3 Å². The van der Waals surface area contributed by atoms with E-state index in [0.717, 1.165) is 30.2 Å². The first kappa shape index (κ1) is 28.1. The van der Waals surface area contributed by atoms with Crippen LogP contribution in [0.5, 0.6) is 5.88 Å². The van der Waals surface area contributed by atoms with Crippen molar-refractivity contribution in [2.45, 2.75) is 25.4 Å². The molecule has 0 bridgehead atoms. The average molecular weight is 567 g/mol. The Hall–Kier alpha value is -4.44. The van der Waals surface area contributed by atoms with Crippen molar-refractivity contribution >= 4 is 23.2 Å². The third-order valence-corrected chi connectivity index (χ3v) is 7.85. The summed E-state index contributed by atoms with van der Waals surface area (Å²) in [6.45, 7) is 2.76. The Labute approximate surface area is 233 Å². The number of rotatable bonds is 7. The first-order valence-electron chi connectivity index (χ1n) is 12.8. The Morgan fingerprint density at radius 2 is 1.85 bits per heavy atom. The van der Waals surface area contributed by atoms with Crippen LogP contribution in [-0.2, 0) is 13.2 Å². The number of anilines is 1. The van der Waals surface area contributed by atoms with Crippen molar-refractivity contribution in [2.24, 2.45) is 12.1 Å². The van der Waals surface area contributed by atoms with Crippen molar-refractivity contribution in [3.8, 4) is 11.9 Å². The lowest BCUT2D eigenvalue weighted by atomic mass is 10.0. The van der Waals surface area contributed by atoms with Crippen LogP contribution in [0.15, 0.2) is 64.0 Å². The molecule has 2 atom stereocenters. The van der Waals surface area contributed by atoms with E-state index in [0.29, 0.717) is 23.2 Å². The topological polar surface area (TPSA) is 129 Å². The standard InChI is InChI=1S/C29H27F3N6O3/c1-16-23(25(16)36(2)22-7-5-4-6-21(22)34)17-8-10-18(11-9-17)28(41)38(12-13-38)35-15-20-24(29(30,31)32)19(14-33)26(39)37(3)27(20)40/h4-11,15,25,28,41H,12-13,34H2,1-3H3/p+2. The number of alkyl halides is 3. The van der Waals surface area contributed by atoms with Crippen LogP contribution >= 0.6 is 0 Å². The Morgan fingerprint density at radius 1 is 1.22 bits per heavy atom. The lowest BCUT2D eigenvalue weighted by molar-refractivity contribution is -0.867. The van der Waals surface area contributed by atoms with Gasteiger partial charge in [0.15, 0.2) is 18.8 Å². The summed E-state index contributed by atoms with van der Waals surface area (Å²) >= 11 is 0. The Morgan fingerprint density at radius 3 is 2.41 bits per heavy atom. The lowest BCUT2D eigenvalue weighted by Crippen LogP contribution is -2.42. The van der Waals surface area contributed by atoms with Crippen molar-refractivity contribution in [1.82, 2.24) is 4.57 Å². The van der Waals surface area contributed by atoms with Crippen LogP contribution in [-0.4, -0.2) is 51.8 Å². The van der Waals surface area contributed by atoms with Gasteiger partial charge in [-0.3, -0.25) is 9.36 Å². The van der Waals surface area contributed by atoms with Crippen molar-refractivity contribution in [3.63, 3.8) is 0 Å². The molecule has 212 valence electrons. The van der Waals surface area contributed by atoms with E-state index in [1.807, 2.05) is 43.4 Å². The van der Waals surface area contributed by atoms with Gasteiger partial charge in [-0.2, -0.15) is 23.0 Å². The summed E-state index contributed by atoms with van der Waals surface area (Å²) in [4.78, 5) is 14.3. The number of likely N-dealkylation sites (N-methyl/N-ethyl adjacent to an activating group) is 1. The molecule has 41 heavy (non-hydrogen) atoms. The van der Waals surface area contributed by atoms with Gasteiger partial charge in [0.05, 0.1) is 29.1 Å². The van der Waals surface area contributed by atoms with Gasteiger partial charge in [0.1, 0.15) is 11.6 Å². The summed E-state index contributed by atoms with van der Waals surface area (Å²) in [7, 11) is 3.08. The first-order chi connectivity index (χ1) is 19.3. The van der Waals surface area contributed by atoms with Crippen molar-refractivity contribution < 1.29 is 33.7 Å². The minimum Gasteiger partial charge on any atom is -0.494 e. The molecular weight excluding hydrogens is 537 g/mol. The molecule has 1 aliphatic heterocycles. The minimum atomic E-state index is -5.09. The number of aromatic nitrogens is 1. The molecule has 2 aromatic carbocycles. The zero-order valence-electron chi connectivity index (χ0n) is 22.6.